The van der Waals surface area contributed by atoms with Gasteiger partial charge in [-0.15, -0.1) is 0 Å². The second kappa shape index (κ2) is 5.58. The van der Waals surface area contributed by atoms with Gasteiger partial charge in [0.2, 0.25) is 0 Å². The Morgan fingerprint density at radius 2 is 2.27 bits per heavy atom. The molecule has 0 aromatic rings. The third kappa shape index (κ3) is 5.86. The van der Waals surface area contributed by atoms with Crippen molar-refractivity contribution in [3.63, 3.8) is 0 Å². The molecule has 0 saturated carbocycles. The molecule has 1 heterocycles. The van der Waals surface area contributed by atoms with Gasteiger partial charge in [-0.05, 0) is 0 Å². The average molecular weight is 235 g/mol. The number of morpholine rings is 1. The van der Waals surface area contributed by atoms with Crippen molar-refractivity contribution in [2.45, 2.75) is 18.9 Å². The third-order valence-corrected chi connectivity index (χ3v) is 3.17. The Balaban J connectivity index is 2.23. The average Bonchev–Trinajstić information content (AvgIpc) is 2.15. The van der Waals surface area contributed by atoms with Crippen molar-refractivity contribution in [3.8, 4) is 0 Å². The molecule has 1 aliphatic rings. The summed E-state index contributed by atoms with van der Waals surface area (Å²) in [4.78, 5) is 11.4. The van der Waals surface area contributed by atoms with Gasteiger partial charge in [-0.25, -0.2) is 8.42 Å². The van der Waals surface area contributed by atoms with Crippen molar-refractivity contribution in [3.05, 3.63) is 0 Å². The monoisotopic (exact) mass is 235 g/mol. The number of carbonyl (C=O) groups excluding carboxylic acids is 1. The normalized spacial score (nSPS) is 22.6. The van der Waals surface area contributed by atoms with Gasteiger partial charge >= 0.3 is 0 Å². The maximum absolute atomic E-state index is 11.4. The zero-order chi connectivity index (χ0) is 11.3. The SMILES string of the molecule is CS(=O)(=O)CCC(=O)CC1COCCN1. The topological polar surface area (TPSA) is 72.5 Å². The highest BCUT2D eigenvalue weighted by atomic mass is 32.2. The van der Waals surface area contributed by atoms with Crippen molar-refractivity contribution in [1.29, 1.82) is 0 Å². The van der Waals surface area contributed by atoms with Crippen LogP contribution in [-0.2, 0) is 19.4 Å². The fourth-order valence-corrected chi connectivity index (χ4v) is 2.03. The van der Waals surface area contributed by atoms with Gasteiger partial charge in [-0.2, -0.15) is 0 Å². The van der Waals surface area contributed by atoms with Crippen molar-refractivity contribution in [2.75, 3.05) is 31.8 Å². The molecule has 1 fully saturated rings. The lowest BCUT2D eigenvalue weighted by Gasteiger charge is -2.22. The van der Waals surface area contributed by atoms with E-state index in [4.69, 9.17) is 4.74 Å². The molecule has 1 aliphatic heterocycles. The highest BCUT2D eigenvalue weighted by molar-refractivity contribution is 7.90. The Bertz CT molecular complexity index is 306. The predicted octanol–water partition coefficient (Wildman–Crippen LogP) is -0.631. The molecule has 0 spiro atoms. The van der Waals surface area contributed by atoms with Crippen molar-refractivity contribution < 1.29 is 17.9 Å². The Morgan fingerprint density at radius 1 is 1.53 bits per heavy atom. The number of nitrogens with one attached hydrogen (secondary N) is 1. The summed E-state index contributed by atoms with van der Waals surface area (Å²) in [5, 5.41) is 3.15. The molecule has 1 atom stereocenters. The van der Waals surface area contributed by atoms with E-state index < -0.39 is 9.84 Å². The summed E-state index contributed by atoms with van der Waals surface area (Å²) in [7, 11) is -3.03. The van der Waals surface area contributed by atoms with E-state index in [0.29, 0.717) is 19.6 Å². The van der Waals surface area contributed by atoms with Gasteiger partial charge in [0.25, 0.3) is 0 Å². The minimum atomic E-state index is -3.03. The molecule has 0 aliphatic carbocycles. The number of hydrogen-bond donors (Lipinski definition) is 1. The molecule has 6 heteroatoms. The fraction of sp³-hybridized carbons (Fsp3) is 0.889. The van der Waals surface area contributed by atoms with Crippen LogP contribution in [0.4, 0.5) is 0 Å². The van der Waals surface area contributed by atoms with Crippen LogP contribution in [0.3, 0.4) is 0 Å². The summed E-state index contributed by atoms with van der Waals surface area (Å²) in [5.74, 6) is -0.0807. The third-order valence-electron chi connectivity index (χ3n) is 2.22. The van der Waals surface area contributed by atoms with Crippen molar-refractivity contribution in [1.82, 2.24) is 5.32 Å². The molecule has 1 unspecified atom stereocenters. The fourth-order valence-electron chi connectivity index (χ4n) is 1.43. The Kier molecular flexibility index (Phi) is 4.69. The van der Waals surface area contributed by atoms with Crippen LogP contribution >= 0.6 is 0 Å². The van der Waals surface area contributed by atoms with Gasteiger partial charge in [0.1, 0.15) is 15.6 Å². The van der Waals surface area contributed by atoms with Crippen LogP contribution in [0, 0.1) is 0 Å². The van der Waals surface area contributed by atoms with E-state index in [1.165, 1.54) is 0 Å². The molecule has 0 amide bonds. The van der Waals surface area contributed by atoms with Gasteiger partial charge in [0.05, 0.1) is 19.0 Å². The molecule has 0 aromatic heterocycles. The van der Waals surface area contributed by atoms with Crippen LogP contribution in [0.15, 0.2) is 0 Å². The van der Waals surface area contributed by atoms with Crippen LogP contribution in [0.2, 0.25) is 0 Å². The summed E-state index contributed by atoms with van der Waals surface area (Å²) in [5.41, 5.74) is 0. The predicted molar refractivity (Wildman–Crippen MR) is 56.6 cm³/mol. The van der Waals surface area contributed by atoms with Crippen LogP contribution < -0.4 is 5.32 Å². The Labute approximate surface area is 90.1 Å². The van der Waals surface area contributed by atoms with E-state index in [1.54, 1.807) is 0 Å². The Morgan fingerprint density at radius 3 is 2.80 bits per heavy atom. The largest absolute Gasteiger partial charge is 0.379 e. The standard InChI is InChI=1S/C9H17NO4S/c1-15(12,13)5-2-9(11)6-8-7-14-4-3-10-8/h8,10H,2-7H2,1H3. The number of ketones is 1. The van der Waals surface area contributed by atoms with E-state index in [9.17, 15) is 13.2 Å². The van der Waals surface area contributed by atoms with Crippen molar-refractivity contribution in [2.24, 2.45) is 0 Å². The highest BCUT2D eigenvalue weighted by Gasteiger charge is 2.17. The number of rotatable bonds is 5. The van der Waals surface area contributed by atoms with Crippen LogP contribution in [0.25, 0.3) is 0 Å². The van der Waals surface area contributed by atoms with Crippen LogP contribution in [0.1, 0.15) is 12.8 Å². The molecule has 1 rings (SSSR count). The van der Waals surface area contributed by atoms with E-state index in [0.717, 1.165) is 12.8 Å². The summed E-state index contributed by atoms with van der Waals surface area (Å²) in [6, 6.07) is 0.0470. The summed E-state index contributed by atoms with van der Waals surface area (Å²) >= 11 is 0. The first kappa shape index (κ1) is 12.6. The van der Waals surface area contributed by atoms with Gasteiger partial charge in [-0.1, -0.05) is 0 Å². The lowest BCUT2D eigenvalue weighted by Crippen LogP contribution is -2.42. The van der Waals surface area contributed by atoms with Crippen LogP contribution in [0.5, 0.6) is 0 Å². The molecule has 0 bridgehead atoms. The van der Waals surface area contributed by atoms with E-state index >= 15 is 0 Å². The lowest BCUT2D eigenvalue weighted by molar-refractivity contribution is -0.119. The van der Waals surface area contributed by atoms with Crippen LogP contribution in [-0.4, -0.2) is 52.0 Å². The zero-order valence-electron chi connectivity index (χ0n) is 8.86. The molecule has 15 heavy (non-hydrogen) atoms. The zero-order valence-corrected chi connectivity index (χ0v) is 9.68. The minimum absolute atomic E-state index is 0.0246. The van der Waals surface area contributed by atoms with Gasteiger partial charge in [-0.3, -0.25) is 4.79 Å². The summed E-state index contributed by atoms with van der Waals surface area (Å²) < 4.78 is 26.9. The minimum Gasteiger partial charge on any atom is -0.379 e. The van der Waals surface area contributed by atoms with E-state index in [1.807, 2.05) is 0 Å². The number of hydrogen-bond acceptors (Lipinski definition) is 5. The van der Waals surface area contributed by atoms with E-state index in [-0.39, 0.29) is 24.0 Å². The smallest absolute Gasteiger partial charge is 0.147 e. The summed E-state index contributed by atoms with van der Waals surface area (Å²) in [6.45, 7) is 1.96. The molecule has 88 valence electrons. The van der Waals surface area contributed by atoms with Gasteiger partial charge in [0, 0.05) is 31.7 Å². The lowest BCUT2D eigenvalue weighted by atomic mass is 10.1. The molecular formula is C9H17NO4S. The first-order valence-corrected chi connectivity index (χ1v) is 7.04. The van der Waals surface area contributed by atoms with Gasteiger partial charge < -0.3 is 10.1 Å². The molecule has 5 nitrogen and oxygen atoms in total. The van der Waals surface area contributed by atoms with Gasteiger partial charge in [0.15, 0.2) is 0 Å². The molecule has 0 radical (unpaired) electrons. The first-order valence-electron chi connectivity index (χ1n) is 4.98. The molecule has 0 aromatic carbocycles. The first-order chi connectivity index (χ1) is 6.97. The number of ether oxygens (including phenoxy) is 1. The maximum Gasteiger partial charge on any atom is 0.147 e. The van der Waals surface area contributed by atoms with Crippen molar-refractivity contribution >= 4 is 15.6 Å². The molecule has 1 N–H and O–H groups in total. The molecular weight excluding hydrogens is 218 g/mol. The quantitative estimate of drug-likeness (QED) is 0.687. The van der Waals surface area contributed by atoms with E-state index in [2.05, 4.69) is 5.32 Å². The number of carbonyl (C=O) groups is 1. The molecule has 1 saturated heterocycles. The maximum atomic E-state index is 11.4. The summed E-state index contributed by atoms with van der Waals surface area (Å²) in [6.07, 6.45) is 1.61. The number of sulfone groups is 1. The second-order valence-electron chi connectivity index (χ2n) is 3.85. The highest BCUT2D eigenvalue weighted by Crippen LogP contribution is 2.02. The number of Topliss-reactive ketones (excluding diaryl/α,β-unsaturated/α-hetero) is 1. The second-order valence-corrected chi connectivity index (χ2v) is 6.11. The Hall–Kier alpha value is -0.460.